The monoisotopic (exact) mass is 178 g/mol. The first kappa shape index (κ1) is 11.3. The molecule has 0 aromatic rings. The molecule has 0 aromatic heterocycles. The molecule has 0 amide bonds. The summed E-state index contributed by atoms with van der Waals surface area (Å²) in [5.74, 6) is 0. The second kappa shape index (κ2) is 3.78. The zero-order valence-corrected chi connectivity index (χ0v) is 9.57. The maximum Gasteiger partial charge on any atom is 0.191 e. The van der Waals surface area contributed by atoms with Crippen molar-refractivity contribution in [1.29, 1.82) is 0 Å². The van der Waals surface area contributed by atoms with Gasteiger partial charge in [0, 0.05) is 0 Å². The van der Waals surface area contributed by atoms with Crippen LogP contribution in [0.1, 0.15) is 27.7 Å². The lowest BCUT2D eigenvalue weighted by Gasteiger charge is -2.30. The lowest BCUT2D eigenvalue weighted by molar-refractivity contribution is 1.02. The van der Waals surface area contributed by atoms with Crippen LogP contribution in [-0.2, 0) is 0 Å². The lowest BCUT2D eigenvalue weighted by atomic mass is 10.6. The van der Waals surface area contributed by atoms with E-state index in [2.05, 4.69) is 32.5 Å². The molecule has 0 rings (SSSR count). The summed E-state index contributed by atoms with van der Waals surface area (Å²) in [5.41, 5.74) is 3.45. The van der Waals surface area contributed by atoms with Gasteiger partial charge in [-0.1, -0.05) is 24.2 Å². The molecule has 0 aliphatic rings. The van der Waals surface area contributed by atoms with Gasteiger partial charge in [0.25, 0.3) is 0 Å². The molecule has 12 heavy (non-hydrogen) atoms. The Kier molecular flexibility index (Phi) is 3.54. The summed E-state index contributed by atoms with van der Waals surface area (Å²) in [6, 6.07) is 0. The number of rotatable bonds is 3. The zero-order valence-electron chi connectivity index (χ0n) is 8.57. The molecule has 0 fully saturated rings. The van der Waals surface area contributed by atoms with E-state index in [0.717, 1.165) is 10.4 Å². The summed E-state index contributed by atoms with van der Waals surface area (Å²) in [5, 5.41) is 2.29. The van der Waals surface area contributed by atoms with Gasteiger partial charge in [-0.2, -0.15) is 0 Å². The van der Waals surface area contributed by atoms with Crippen LogP contribution in [-0.4, -0.2) is 8.07 Å². The minimum absolute atomic E-state index is 0.498. The van der Waals surface area contributed by atoms with Gasteiger partial charge in [0.15, 0.2) is 8.07 Å². The zero-order chi connectivity index (χ0) is 9.94. The summed E-state index contributed by atoms with van der Waals surface area (Å²) in [6.45, 7) is 16.4. The highest BCUT2D eigenvalue weighted by Crippen LogP contribution is 2.31. The minimum Gasteiger partial charge on any atom is -0.126 e. The van der Waals surface area contributed by atoms with E-state index in [-0.39, 0.29) is 0 Å². The van der Waals surface area contributed by atoms with Crippen molar-refractivity contribution in [2.45, 2.75) is 33.2 Å². The van der Waals surface area contributed by atoms with Crippen LogP contribution in [0.15, 0.2) is 23.6 Å². The number of hydrogen-bond acceptors (Lipinski definition) is 0. The van der Waals surface area contributed by atoms with Gasteiger partial charge in [0.05, 0.1) is 0 Å². The molecule has 0 radical (unpaired) electrons. The van der Waals surface area contributed by atoms with Gasteiger partial charge >= 0.3 is 0 Å². The molecule has 1 heteroatoms. The largest absolute Gasteiger partial charge is 0.191 e. The molecule has 0 atom stereocenters. The number of hydrogen-bond donors (Lipinski definition) is 0. The standard InChI is InChI=1S/C11H18Si/c1-8-12(9(2)3,10(4)5)11(6)7/h1,11H,2,4H2,3,5-7H3. The fourth-order valence-corrected chi connectivity index (χ4v) is 5.29. The summed E-state index contributed by atoms with van der Waals surface area (Å²) >= 11 is 0. The van der Waals surface area contributed by atoms with Crippen molar-refractivity contribution in [3.8, 4) is 12.0 Å². The topological polar surface area (TPSA) is 0 Å². The highest BCUT2D eigenvalue weighted by atomic mass is 28.3. The van der Waals surface area contributed by atoms with Crippen LogP contribution in [0, 0.1) is 12.0 Å². The molecule has 0 saturated heterocycles. The third-order valence-corrected chi connectivity index (χ3v) is 7.32. The van der Waals surface area contributed by atoms with Crippen LogP contribution in [0.5, 0.6) is 0 Å². The van der Waals surface area contributed by atoms with Gasteiger partial charge in [0.1, 0.15) is 0 Å². The van der Waals surface area contributed by atoms with Crippen LogP contribution in [0.2, 0.25) is 5.54 Å². The van der Waals surface area contributed by atoms with Gasteiger partial charge in [-0.15, -0.1) is 25.1 Å². The summed E-state index contributed by atoms with van der Waals surface area (Å²) in [4.78, 5) is 0. The van der Waals surface area contributed by atoms with Gasteiger partial charge in [0.2, 0.25) is 0 Å². The molecule has 0 unspecified atom stereocenters. The van der Waals surface area contributed by atoms with Crippen molar-refractivity contribution in [2.24, 2.45) is 0 Å². The van der Waals surface area contributed by atoms with Crippen molar-refractivity contribution < 1.29 is 0 Å². The Hall–Kier alpha value is -0.743. The first-order valence-corrected chi connectivity index (χ1v) is 6.27. The average molecular weight is 178 g/mol. The fraction of sp³-hybridized carbons (Fsp3) is 0.455. The SMILES string of the molecule is C#C[Si](C(=C)C)(C(=C)C)C(C)C. The smallest absolute Gasteiger partial charge is 0.126 e. The third-order valence-electron chi connectivity index (χ3n) is 2.44. The normalized spacial score (nSPS) is 11.0. The predicted molar refractivity (Wildman–Crippen MR) is 59.3 cm³/mol. The molecule has 0 aliphatic heterocycles. The Morgan fingerprint density at radius 3 is 1.58 bits per heavy atom. The molecular formula is C11H18Si. The highest BCUT2D eigenvalue weighted by Gasteiger charge is 2.36. The summed E-state index contributed by atoms with van der Waals surface area (Å²) in [6.07, 6.45) is 5.60. The van der Waals surface area contributed by atoms with E-state index in [1.54, 1.807) is 0 Å². The second-order valence-corrected chi connectivity index (χ2v) is 8.43. The van der Waals surface area contributed by atoms with Gasteiger partial charge in [-0.25, -0.2) is 0 Å². The maximum atomic E-state index is 5.60. The molecule has 0 heterocycles. The van der Waals surface area contributed by atoms with Crippen LogP contribution in [0.3, 0.4) is 0 Å². The molecule has 0 saturated carbocycles. The molecule has 0 nitrogen and oxygen atoms in total. The van der Waals surface area contributed by atoms with E-state index in [0.29, 0.717) is 5.54 Å². The number of terminal acetylenes is 1. The molecule has 0 spiro atoms. The summed E-state index contributed by atoms with van der Waals surface area (Å²) < 4.78 is 0. The first-order chi connectivity index (χ1) is 5.39. The van der Waals surface area contributed by atoms with E-state index >= 15 is 0 Å². The Labute approximate surface area is 77.4 Å². The Balaban J connectivity index is 5.23. The lowest BCUT2D eigenvalue weighted by Crippen LogP contribution is -2.39. The van der Waals surface area contributed by atoms with Gasteiger partial charge in [-0.3, -0.25) is 0 Å². The van der Waals surface area contributed by atoms with Crippen molar-refractivity contribution in [1.82, 2.24) is 0 Å². The van der Waals surface area contributed by atoms with E-state index in [1.165, 1.54) is 0 Å². The Morgan fingerprint density at radius 1 is 1.25 bits per heavy atom. The van der Waals surface area contributed by atoms with Crippen LogP contribution >= 0.6 is 0 Å². The predicted octanol–water partition coefficient (Wildman–Crippen LogP) is 3.25. The molecule has 0 aromatic carbocycles. The first-order valence-electron chi connectivity index (χ1n) is 4.19. The van der Waals surface area contributed by atoms with E-state index in [1.807, 2.05) is 13.8 Å². The van der Waals surface area contributed by atoms with Crippen molar-refractivity contribution in [3.63, 3.8) is 0 Å². The number of allylic oxidation sites excluding steroid dienone is 2. The molecule has 0 N–H and O–H groups in total. The van der Waals surface area contributed by atoms with E-state index in [4.69, 9.17) is 6.42 Å². The second-order valence-electron chi connectivity index (χ2n) is 3.67. The highest BCUT2D eigenvalue weighted by molar-refractivity contribution is 6.99. The minimum atomic E-state index is -1.86. The van der Waals surface area contributed by atoms with Gasteiger partial charge in [-0.05, 0) is 19.4 Å². The van der Waals surface area contributed by atoms with E-state index in [9.17, 15) is 0 Å². The van der Waals surface area contributed by atoms with Gasteiger partial charge < -0.3 is 0 Å². The summed E-state index contributed by atoms with van der Waals surface area (Å²) in [7, 11) is -1.86. The van der Waals surface area contributed by atoms with Crippen LogP contribution in [0.25, 0.3) is 0 Å². The van der Waals surface area contributed by atoms with Crippen molar-refractivity contribution in [3.05, 3.63) is 23.6 Å². The van der Waals surface area contributed by atoms with Crippen LogP contribution < -0.4 is 0 Å². The molecule has 0 aliphatic carbocycles. The Bertz CT molecular complexity index is 226. The quantitative estimate of drug-likeness (QED) is 0.460. The van der Waals surface area contributed by atoms with Crippen molar-refractivity contribution >= 4 is 8.07 Å². The third kappa shape index (κ3) is 1.54. The maximum absolute atomic E-state index is 5.60. The Morgan fingerprint density at radius 2 is 1.58 bits per heavy atom. The van der Waals surface area contributed by atoms with Crippen LogP contribution in [0.4, 0.5) is 0 Å². The molecule has 66 valence electrons. The van der Waals surface area contributed by atoms with Crippen molar-refractivity contribution in [2.75, 3.05) is 0 Å². The molecule has 0 bridgehead atoms. The molecular weight excluding hydrogens is 160 g/mol. The van der Waals surface area contributed by atoms with E-state index < -0.39 is 8.07 Å². The average Bonchev–Trinajstić information content (AvgIpc) is 1.86. The fourth-order valence-electron chi connectivity index (χ4n) is 1.76.